The number of hydrogen-bond donors (Lipinski definition) is 1. The van der Waals surface area contributed by atoms with Gasteiger partial charge in [-0.25, -0.2) is 4.98 Å². The molecule has 14 heavy (non-hydrogen) atoms. The molecule has 0 aliphatic rings. The van der Waals surface area contributed by atoms with Crippen molar-refractivity contribution in [3.63, 3.8) is 0 Å². The molecular weight excluding hydrogens is 178 g/mol. The molecule has 0 unspecified atom stereocenters. The standard InChI is InChI=1S/C10H15N3O/c1-9(2)8-14-6-5-13-10-7-11-3-4-12-10/h3-4,7H,1,5-6,8H2,2H3,(H,12,13). The van der Waals surface area contributed by atoms with E-state index in [1.807, 2.05) is 6.92 Å². The summed E-state index contributed by atoms with van der Waals surface area (Å²) in [7, 11) is 0. The smallest absolute Gasteiger partial charge is 0.144 e. The Morgan fingerprint density at radius 1 is 1.57 bits per heavy atom. The van der Waals surface area contributed by atoms with Gasteiger partial charge in [-0.1, -0.05) is 12.2 Å². The van der Waals surface area contributed by atoms with Gasteiger partial charge < -0.3 is 10.1 Å². The second-order valence-corrected chi connectivity index (χ2v) is 3.03. The molecule has 0 atom stereocenters. The van der Waals surface area contributed by atoms with Gasteiger partial charge in [-0.2, -0.15) is 0 Å². The SMILES string of the molecule is C=C(C)COCCNc1cnccn1. The highest BCUT2D eigenvalue weighted by molar-refractivity contribution is 5.29. The Morgan fingerprint density at radius 3 is 3.07 bits per heavy atom. The van der Waals surface area contributed by atoms with Gasteiger partial charge in [0.05, 0.1) is 19.4 Å². The Kier molecular flexibility index (Phi) is 4.64. The maximum atomic E-state index is 5.31. The van der Waals surface area contributed by atoms with E-state index in [4.69, 9.17) is 4.74 Å². The topological polar surface area (TPSA) is 47.0 Å². The van der Waals surface area contributed by atoms with Gasteiger partial charge in [0.1, 0.15) is 5.82 Å². The van der Waals surface area contributed by atoms with Crippen LogP contribution in [0.5, 0.6) is 0 Å². The summed E-state index contributed by atoms with van der Waals surface area (Å²) >= 11 is 0. The van der Waals surface area contributed by atoms with Crippen molar-refractivity contribution in [2.75, 3.05) is 25.1 Å². The van der Waals surface area contributed by atoms with Gasteiger partial charge in [0, 0.05) is 18.9 Å². The van der Waals surface area contributed by atoms with Crippen LogP contribution in [-0.4, -0.2) is 29.7 Å². The van der Waals surface area contributed by atoms with Crippen molar-refractivity contribution in [2.45, 2.75) is 6.92 Å². The predicted molar refractivity (Wildman–Crippen MR) is 56.2 cm³/mol. The molecule has 1 rings (SSSR count). The minimum Gasteiger partial charge on any atom is -0.375 e. The summed E-state index contributed by atoms with van der Waals surface area (Å²) in [6.45, 7) is 7.67. The van der Waals surface area contributed by atoms with Crippen LogP contribution in [0.4, 0.5) is 5.82 Å². The zero-order valence-electron chi connectivity index (χ0n) is 8.36. The Morgan fingerprint density at radius 2 is 2.43 bits per heavy atom. The van der Waals surface area contributed by atoms with Crippen LogP contribution in [0.25, 0.3) is 0 Å². The van der Waals surface area contributed by atoms with E-state index in [1.54, 1.807) is 18.6 Å². The maximum Gasteiger partial charge on any atom is 0.144 e. The van der Waals surface area contributed by atoms with Gasteiger partial charge in [-0.05, 0) is 6.92 Å². The van der Waals surface area contributed by atoms with Crippen molar-refractivity contribution in [2.24, 2.45) is 0 Å². The van der Waals surface area contributed by atoms with Gasteiger partial charge in [0.25, 0.3) is 0 Å². The second-order valence-electron chi connectivity index (χ2n) is 3.03. The van der Waals surface area contributed by atoms with E-state index in [9.17, 15) is 0 Å². The number of nitrogens with one attached hydrogen (secondary N) is 1. The summed E-state index contributed by atoms with van der Waals surface area (Å²) in [5.74, 6) is 0.770. The molecule has 0 spiro atoms. The number of aromatic nitrogens is 2. The van der Waals surface area contributed by atoms with E-state index in [2.05, 4.69) is 21.9 Å². The fraction of sp³-hybridized carbons (Fsp3) is 0.400. The van der Waals surface area contributed by atoms with Gasteiger partial charge in [-0.3, -0.25) is 4.98 Å². The summed E-state index contributed by atoms with van der Waals surface area (Å²) in [4.78, 5) is 8.00. The molecular formula is C10H15N3O. The molecule has 4 nitrogen and oxygen atoms in total. The number of ether oxygens (including phenoxy) is 1. The molecule has 0 bridgehead atoms. The number of rotatable bonds is 6. The fourth-order valence-corrected chi connectivity index (χ4v) is 0.888. The minimum atomic E-state index is 0.613. The monoisotopic (exact) mass is 193 g/mol. The molecule has 0 saturated heterocycles. The van der Waals surface area contributed by atoms with Crippen molar-refractivity contribution in [3.05, 3.63) is 30.7 Å². The summed E-state index contributed by atoms with van der Waals surface area (Å²) in [5, 5.41) is 3.09. The van der Waals surface area contributed by atoms with E-state index < -0.39 is 0 Å². The van der Waals surface area contributed by atoms with Crippen LogP contribution in [0.1, 0.15) is 6.92 Å². The van der Waals surface area contributed by atoms with E-state index >= 15 is 0 Å². The molecule has 0 fully saturated rings. The molecule has 1 heterocycles. The van der Waals surface area contributed by atoms with Gasteiger partial charge in [0.15, 0.2) is 0 Å². The first-order valence-electron chi connectivity index (χ1n) is 4.51. The number of nitrogens with zero attached hydrogens (tertiary/aromatic N) is 2. The Hall–Kier alpha value is -1.42. The lowest BCUT2D eigenvalue weighted by Gasteiger charge is -2.05. The molecule has 1 N–H and O–H groups in total. The van der Waals surface area contributed by atoms with Crippen LogP contribution < -0.4 is 5.32 Å². The van der Waals surface area contributed by atoms with E-state index in [1.165, 1.54) is 0 Å². The van der Waals surface area contributed by atoms with Gasteiger partial charge >= 0.3 is 0 Å². The summed E-state index contributed by atoms with van der Waals surface area (Å²) in [6, 6.07) is 0. The van der Waals surface area contributed by atoms with Gasteiger partial charge in [0.2, 0.25) is 0 Å². The Balaban J connectivity index is 2.08. The lowest BCUT2D eigenvalue weighted by Crippen LogP contribution is -2.11. The average molecular weight is 193 g/mol. The van der Waals surface area contributed by atoms with Gasteiger partial charge in [-0.15, -0.1) is 0 Å². The zero-order valence-corrected chi connectivity index (χ0v) is 8.36. The fourth-order valence-electron chi connectivity index (χ4n) is 0.888. The third-order valence-electron chi connectivity index (χ3n) is 1.46. The van der Waals surface area contributed by atoms with Crippen molar-refractivity contribution < 1.29 is 4.74 Å². The first-order chi connectivity index (χ1) is 6.79. The highest BCUT2D eigenvalue weighted by Gasteiger charge is 1.91. The predicted octanol–water partition coefficient (Wildman–Crippen LogP) is 1.48. The molecule has 0 aliphatic carbocycles. The third-order valence-corrected chi connectivity index (χ3v) is 1.46. The summed E-state index contributed by atoms with van der Waals surface area (Å²) in [6.07, 6.45) is 4.97. The molecule has 1 aromatic heterocycles. The summed E-state index contributed by atoms with van der Waals surface area (Å²) < 4.78 is 5.31. The van der Waals surface area contributed by atoms with E-state index in [-0.39, 0.29) is 0 Å². The third kappa shape index (κ3) is 4.57. The van der Waals surface area contributed by atoms with Crippen LogP contribution in [0.15, 0.2) is 30.7 Å². The molecule has 0 amide bonds. The maximum absolute atomic E-state index is 5.31. The zero-order chi connectivity index (χ0) is 10.2. The van der Waals surface area contributed by atoms with Crippen molar-refractivity contribution in [3.8, 4) is 0 Å². The van der Waals surface area contributed by atoms with Crippen LogP contribution in [0.2, 0.25) is 0 Å². The molecule has 0 aliphatic heterocycles. The van der Waals surface area contributed by atoms with E-state index in [0.717, 1.165) is 17.9 Å². The van der Waals surface area contributed by atoms with Crippen molar-refractivity contribution >= 4 is 5.82 Å². The number of hydrogen-bond acceptors (Lipinski definition) is 4. The average Bonchev–Trinajstić information content (AvgIpc) is 2.18. The van der Waals surface area contributed by atoms with Crippen LogP contribution >= 0.6 is 0 Å². The lowest BCUT2D eigenvalue weighted by molar-refractivity contribution is 0.167. The second kappa shape index (κ2) is 6.10. The lowest BCUT2D eigenvalue weighted by atomic mass is 10.4. The number of anilines is 1. The molecule has 0 radical (unpaired) electrons. The highest BCUT2D eigenvalue weighted by Crippen LogP contribution is 1.95. The molecule has 0 aromatic carbocycles. The normalized spacial score (nSPS) is 9.79. The van der Waals surface area contributed by atoms with Crippen LogP contribution in [-0.2, 0) is 4.74 Å². The summed E-state index contributed by atoms with van der Waals surface area (Å²) in [5.41, 5.74) is 1.03. The minimum absolute atomic E-state index is 0.613. The van der Waals surface area contributed by atoms with Crippen molar-refractivity contribution in [1.82, 2.24) is 9.97 Å². The molecule has 76 valence electrons. The Labute approximate surface area is 84.0 Å². The highest BCUT2D eigenvalue weighted by atomic mass is 16.5. The molecule has 1 aromatic rings. The van der Waals surface area contributed by atoms with Crippen LogP contribution in [0, 0.1) is 0 Å². The van der Waals surface area contributed by atoms with Crippen LogP contribution in [0.3, 0.4) is 0 Å². The first-order valence-corrected chi connectivity index (χ1v) is 4.51. The van der Waals surface area contributed by atoms with Crippen molar-refractivity contribution in [1.29, 1.82) is 0 Å². The molecule has 0 saturated carbocycles. The molecule has 4 heteroatoms. The van der Waals surface area contributed by atoms with E-state index in [0.29, 0.717) is 13.2 Å². The Bertz CT molecular complexity index is 274. The quantitative estimate of drug-likeness (QED) is 0.549. The largest absolute Gasteiger partial charge is 0.375 e. The first kappa shape index (κ1) is 10.7.